The van der Waals surface area contributed by atoms with E-state index in [1.54, 1.807) is 6.07 Å². The molecular formula is C9H10ClN3O. The van der Waals surface area contributed by atoms with Crippen LogP contribution in [0.4, 0.5) is 0 Å². The highest BCUT2D eigenvalue weighted by Gasteiger charge is 2.35. The maximum absolute atomic E-state index is 11.6. The van der Waals surface area contributed by atoms with Crippen LogP contribution in [0.2, 0.25) is 5.02 Å². The van der Waals surface area contributed by atoms with Crippen LogP contribution in [-0.4, -0.2) is 23.0 Å². The highest BCUT2D eigenvalue weighted by Crippen LogP contribution is 2.20. The van der Waals surface area contributed by atoms with Gasteiger partial charge in [0.25, 0.3) is 5.91 Å². The predicted octanol–water partition coefficient (Wildman–Crippen LogP) is 0.564. The van der Waals surface area contributed by atoms with Crippen molar-refractivity contribution in [1.82, 2.24) is 10.3 Å². The Balaban J connectivity index is 2.07. The molecule has 1 aromatic rings. The van der Waals surface area contributed by atoms with Crippen LogP contribution in [0.25, 0.3) is 0 Å². The van der Waals surface area contributed by atoms with Crippen molar-refractivity contribution < 1.29 is 4.79 Å². The first-order valence-electron chi connectivity index (χ1n) is 4.34. The van der Waals surface area contributed by atoms with Crippen LogP contribution in [0, 0.1) is 0 Å². The molecule has 0 bridgehead atoms. The van der Waals surface area contributed by atoms with Crippen LogP contribution in [0.5, 0.6) is 0 Å². The van der Waals surface area contributed by atoms with E-state index in [4.69, 9.17) is 17.3 Å². The molecule has 2 unspecified atom stereocenters. The van der Waals surface area contributed by atoms with Gasteiger partial charge in [-0.05, 0) is 12.5 Å². The lowest BCUT2D eigenvalue weighted by Gasteiger charge is -2.04. The number of rotatable bonds is 2. The first kappa shape index (κ1) is 9.43. The van der Waals surface area contributed by atoms with Gasteiger partial charge >= 0.3 is 0 Å². The van der Waals surface area contributed by atoms with E-state index in [1.165, 1.54) is 12.4 Å². The van der Waals surface area contributed by atoms with E-state index in [0.717, 1.165) is 6.42 Å². The van der Waals surface area contributed by atoms with Crippen molar-refractivity contribution in [3.05, 3.63) is 29.0 Å². The van der Waals surface area contributed by atoms with Crippen molar-refractivity contribution in [3.8, 4) is 0 Å². The van der Waals surface area contributed by atoms with Gasteiger partial charge < -0.3 is 11.1 Å². The van der Waals surface area contributed by atoms with Crippen LogP contribution in [0.3, 0.4) is 0 Å². The Bertz CT molecular complexity index is 369. The molecule has 0 saturated heterocycles. The van der Waals surface area contributed by atoms with Gasteiger partial charge in [-0.3, -0.25) is 9.78 Å². The lowest BCUT2D eigenvalue weighted by molar-refractivity contribution is 0.0950. The molecule has 1 amide bonds. The Morgan fingerprint density at radius 2 is 2.43 bits per heavy atom. The lowest BCUT2D eigenvalue weighted by Crippen LogP contribution is -2.29. The number of nitrogens with one attached hydrogen (secondary N) is 1. The zero-order valence-electron chi connectivity index (χ0n) is 7.40. The van der Waals surface area contributed by atoms with Gasteiger partial charge in [-0.15, -0.1) is 0 Å². The molecule has 74 valence electrons. The van der Waals surface area contributed by atoms with Crippen molar-refractivity contribution in [1.29, 1.82) is 0 Å². The summed E-state index contributed by atoms with van der Waals surface area (Å²) in [4.78, 5) is 15.4. The van der Waals surface area contributed by atoms with E-state index < -0.39 is 0 Å². The molecular weight excluding hydrogens is 202 g/mol. The van der Waals surface area contributed by atoms with Crippen LogP contribution < -0.4 is 11.1 Å². The third kappa shape index (κ3) is 1.86. The summed E-state index contributed by atoms with van der Waals surface area (Å²) in [6.45, 7) is 0. The van der Waals surface area contributed by atoms with E-state index in [-0.39, 0.29) is 18.0 Å². The van der Waals surface area contributed by atoms with E-state index in [1.807, 2.05) is 0 Å². The molecule has 0 aromatic carbocycles. The molecule has 0 radical (unpaired) electrons. The number of amides is 1. The van der Waals surface area contributed by atoms with Crippen LogP contribution >= 0.6 is 11.6 Å². The summed E-state index contributed by atoms with van der Waals surface area (Å²) < 4.78 is 0. The Kier molecular flexibility index (Phi) is 2.39. The lowest BCUT2D eigenvalue weighted by atomic mass is 10.2. The van der Waals surface area contributed by atoms with E-state index in [2.05, 4.69) is 10.3 Å². The summed E-state index contributed by atoms with van der Waals surface area (Å²) in [5, 5.41) is 3.14. The van der Waals surface area contributed by atoms with Crippen LogP contribution in [0.1, 0.15) is 16.8 Å². The molecule has 0 aliphatic heterocycles. The van der Waals surface area contributed by atoms with Crippen molar-refractivity contribution in [2.75, 3.05) is 0 Å². The highest BCUT2D eigenvalue weighted by molar-refractivity contribution is 6.33. The number of pyridine rings is 1. The zero-order chi connectivity index (χ0) is 10.1. The van der Waals surface area contributed by atoms with Gasteiger partial charge in [0, 0.05) is 24.5 Å². The van der Waals surface area contributed by atoms with Gasteiger partial charge in [0.05, 0.1) is 10.6 Å². The van der Waals surface area contributed by atoms with Gasteiger partial charge in [0.1, 0.15) is 0 Å². The Hall–Kier alpha value is -1.13. The molecule has 1 aliphatic carbocycles. The predicted molar refractivity (Wildman–Crippen MR) is 53.1 cm³/mol. The average molecular weight is 212 g/mol. The molecule has 14 heavy (non-hydrogen) atoms. The standard InChI is InChI=1S/C9H10ClN3O/c10-6-4-12-2-1-5(6)9(14)13-8-3-7(8)11/h1-2,4,7-8H,3,11H2,(H,13,14). The second-order valence-corrected chi connectivity index (χ2v) is 3.74. The average Bonchev–Trinajstić information content (AvgIpc) is 2.82. The minimum Gasteiger partial charge on any atom is -0.348 e. The Labute approximate surface area is 86.5 Å². The number of nitrogens with two attached hydrogens (primary N) is 1. The fourth-order valence-electron chi connectivity index (χ4n) is 1.19. The quantitative estimate of drug-likeness (QED) is 0.752. The maximum atomic E-state index is 11.6. The van der Waals surface area contributed by atoms with Crippen LogP contribution in [-0.2, 0) is 0 Å². The van der Waals surface area contributed by atoms with E-state index in [9.17, 15) is 4.79 Å². The number of nitrogens with zero attached hydrogens (tertiary/aromatic N) is 1. The van der Waals surface area contributed by atoms with Crippen molar-refractivity contribution in [2.45, 2.75) is 18.5 Å². The monoisotopic (exact) mass is 211 g/mol. The zero-order valence-corrected chi connectivity index (χ0v) is 8.16. The fourth-order valence-corrected chi connectivity index (χ4v) is 1.39. The number of hydrogen-bond acceptors (Lipinski definition) is 3. The fraction of sp³-hybridized carbons (Fsp3) is 0.333. The van der Waals surface area contributed by atoms with E-state index >= 15 is 0 Å². The number of hydrogen-bond donors (Lipinski definition) is 2. The Morgan fingerprint density at radius 3 is 3.00 bits per heavy atom. The van der Waals surface area contributed by atoms with Gasteiger partial charge in [0.2, 0.25) is 0 Å². The first-order valence-corrected chi connectivity index (χ1v) is 4.72. The summed E-state index contributed by atoms with van der Waals surface area (Å²) in [6.07, 6.45) is 3.82. The molecule has 1 aromatic heterocycles. The normalized spacial score (nSPS) is 24.4. The summed E-state index contributed by atoms with van der Waals surface area (Å²) in [6, 6.07) is 1.79. The van der Waals surface area contributed by atoms with Gasteiger partial charge in [-0.25, -0.2) is 0 Å². The van der Waals surface area contributed by atoms with Crippen molar-refractivity contribution in [2.24, 2.45) is 5.73 Å². The number of carbonyl (C=O) groups excluding carboxylic acids is 1. The molecule has 5 heteroatoms. The van der Waals surface area contributed by atoms with Crippen LogP contribution in [0.15, 0.2) is 18.5 Å². The smallest absolute Gasteiger partial charge is 0.253 e. The van der Waals surface area contributed by atoms with Gasteiger partial charge in [-0.2, -0.15) is 0 Å². The van der Waals surface area contributed by atoms with E-state index in [0.29, 0.717) is 10.6 Å². The molecule has 3 N–H and O–H groups in total. The number of halogens is 1. The molecule has 1 fully saturated rings. The number of aromatic nitrogens is 1. The molecule has 4 nitrogen and oxygen atoms in total. The first-order chi connectivity index (χ1) is 6.68. The molecule has 0 spiro atoms. The van der Waals surface area contributed by atoms with Crippen molar-refractivity contribution >= 4 is 17.5 Å². The minimum absolute atomic E-state index is 0.0968. The summed E-state index contributed by atoms with van der Waals surface area (Å²) in [7, 11) is 0. The molecule has 1 heterocycles. The topological polar surface area (TPSA) is 68.0 Å². The minimum atomic E-state index is -0.185. The number of carbonyl (C=O) groups is 1. The maximum Gasteiger partial charge on any atom is 0.253 e. The largest absolute Gasteiger partial charge is 0.348 e. The second kappa shape index (κ2) is 3.55. The second-order valence-electron chi connectivity index (χ2n) is 3.34. The highest BCUT2D eigenvalue weighted by atomic mass is 35.5. The summed E-state index contributed by atoms with van der Waals surface area (Å²) in [5.41, 5.74) is 6.02. The summed E-state index contributed by atoms with van der Waals surface area (Å²) in [5.74, 6) is -0.185. The Morgan fingerprint density at radius 1 is 1.71 bits per heavy atom. The molecule has 2 rings (SSSR count). The molecule has 1 aliphatic rings. The van der Waals surface area contributed by atoms with Gasteiger partial charge in [-0.1, -0.05) is 11.6 Å². The third-order valence-corrected chi connectivity index (χ3v) is 2.47. The molecule has 2 atom stereocenters. The molecule has 1 saturated carbocycles. The van der Waals surface area contributed by atoms with Gasteiger partial charge in [0.15, 0.2) is 0 Å². The summed E-state index contributed by atoms with van der Waals surface area (Å²) >= 11 is 5.80. The van der Waals surface area contributed by atoms with Crippen molar-refractivity contribution in [3.63, 3.8) is 0 Å². The SMILES string of the molecule is NC1CC1NC(=O)c1ccncc1Cl. The third-order valence-electron chi connectivity index (χ3n) is 2.17.